The normalized spacial score (nSPS) is 14.2. The third kappa shape index (κ3) is 4.29. The molecule has 1 nitrogen and oxygen atoms in total. The van der Waals surface area contributed by atoms with Gasteiger partial charge >= 0.3 is 0 Å². The van der Waals surface area contributed by atoms with Gasteiger partial charge in [0.1, 0.15) is 5.78 Å². The van der Waals surface area contributed by atoms with E-state index in [0.717, 1.165) is 19.3 Å². The summed E-state index contributed by atoms with van der Waals surface area (Å²) in [4.78, 5) is 12.0. The number of ketones is 1. The van der Waals surface area contributed by atoms with E-state index in [-0.39, 0.29) is 5.92 Å². The van der Waals surface area contributed by atoms with Gasteiger partial charge < -0.3 is 0 Å². The van der Waals surface area contributed by atoms with Crippen LogP contribution >= 0.6 is 0 Å². The zero-order valence-corrected chi connectivity index (χ0v) is 12.2. The smallest absolute Gasteiger partial charge is 0.136 e. The first kappa shape index (κ1) is 14.9. The van der Waals surface area contributed by atoms with Crippen LogP contribution in [0.2, 0.25) is 0 Å². The van der Waals surface area contributed by atoms with E-state index in [0.29, 0.717) is 18.1 Å². The second-order valence-corrected chi connectivity index (χ2v) is 5.31. The predicted molar refractivity (Wildman–Crippen MR) is 77.8 cm³/mol. The fourth-order valence-corrected chi connectivity index (χ4v) is 2.11. The molecule has 0 spiro atoms. The van der Waals surface area contributed by atoms with Gasteiger partial charge in [0.15, 0.2) is 0 Å². The molecule has 1 aromatic carbocycles. The maximum Gasteiger partial charge on any atom is 0.136 e. The summed E-state index contributed by atoms with van der Waals surface area (Å²) in [7, 11) is 0. The van der Waals surface area contributed by atoms with E-state index in [1.807, 2.05) is 0 Å². The van der Waals surface area contributed by atoms with Crippen LogP contribution in [0.3, 0.4) is 0 Å². The summed E-state index contributed by atoms with van der Waals surface area (Å²) >= 11 is 0. The zero-order valence-electron chi connectivity index (χ0n) is 12.2. The number of hydrogen-bond acceptors (Lipinski definition) is 1. The number of hydrogen-bond donors (Lipinski definition) is 0. The van der Waals surface area contributed by atoms with Crippen molar-refractivity contribution in [2.75, 3.05) is 0 Å². The van der Waals surface area contributed by atoms with Crippen LogP contribution < -0.4 is 0 Å². The van der Waals surface area contributed by atoms with Gasteiger partial charge in [0, 0.05) is 12.3 Å². The molecule has 2 atom stereocenters. The number of benzene rings is 1. The van der Waals surface area contributed by atoms with Crippen molar-refractivity contribution < 1.29 is 4.79 Å². The second kappa shape index (κ2) is 7.35. The lowest BCUT2D eigenvalue weighted by atomic mass is 9.87. The molecule has 0 aliphatic carbocycles. The van der Waals surface area contributed by atoms with Crippen molar-refractivity contribution in [2.24, 2.45) is 11.8 Å². The van der Waals surface area contributed by atoms with E-state index in [2.05, 4.69) is 52.0 Å². The molecule has 0 aromatic heterocycles. The van der Waals surface area contributed by atoms with Gasteiger partial charge in [-0.05, 0) is 29.9 Å². The molecule has 0 amide bonds. The average molecular weight is 246 g/mol. The largest absolute Gasteiger partial charge is 0.299 e. The Labute approximate surface area is 112 Å². The Morgan fingerprint density at radius 2 is 1.61 bits per heavy atom. The van der Waals surface area contributed by atoms with Crippen molar-refractivity contribution in [1.29, 1.82) is 0 Å². The van der Waals surface area contributed by atoms with E-state index in [1.165, 1.54) is 11.1 Å². The SMILES string of the molecule is CCc1ccc(CCC(=O)C(C)C(C)CC)cc1. The first-order valence-electron chi connectivity index (χ1n) is 7.19. The summed E-state index contributed by atoms with van der Waals surface area (Å²) in [6.45, 7) is 8.54. The Bertz CT molecular complexity index is 364. The Kier molecular flexibility index (Phi) is 6.11. The minimum Gasteiger partial charge on any atom is -0.299 e. The molecule has 1 aromatic rings. The average Bonchev–Trinajstić information content (AvgIpc) is 2.43. The van der Waals surface area contributed by atoms with E-state index >= 15 is 0 Å². The maximum atomic E-state index is 12.0. The molecule has 0 fully saturated rings. The molecule has 0 bridgehead atoms. The Morgan fingerprint density at radius 1 is 1.06 bits per heavy atom. The van der Waals surface area contributed by atoms with Crippen molar-refractivity contribution in [3.8, 4) is 0 Å². The molecule has 1 heteroatoms. The van der Waals surface area contributed by atoms with Crippen LogP contribution in [0.5, 0.6) is 0 Å². The molecule has 0 aliphatic heterocycles. The van der Waals surface area contributed by atoms with Gasteiger partial charge in [-0.2, -0.15) is 0 Å². The van der Waals surface area contributed by atoms with Crippen molar-refractivity contribution in [1.82, 2.24) is 0 Å². The number of Topliss-reactive ketones (excluding diaryl/α,β-unsaturated/α-hetero) is 1. The highest BCUT2D eigenvalue weighted by Crippen LogP contribution is 2.18. The summed E-state index contributed by atoms with van der Waals surface area (Å²) in [5.74, 6) is 1.11. The van der Waals surface area contributed by atoms with E-state index in [1.54, 1.807) is 0 Å². The van der Waals surface area contributed by atoms with E-state index < -0.39 is 0 Å². The van der Waals surface area contributed by atoms with Crippen LogP contribution in [-0.4, -0.2) is 5.78 Å². The lowest BCUT2D eigenvalue weighted by Gasteiger charge is -2.16. The zero-order chi connectivity index (χ0) is 13.5. The fraction of sp³-hybridized carbons (Fsp3) is 0.588. The minimum atomic E-state index is 0.199. The summed E-state index contributed by atoms with van der Waals surface area (Å²) in [6, 6.07) is 8.63. The highest BCUT2D eigenvalue weighted by Gasteiger charge is 2.18. The van der Waals surface area contributed by atoms with Gasteiger partial charge in [0.05, 0.1) is 0 Å². The number of aryl methyl sites for hydroxylation is 2. The van der Waals surface area contributed by atoms with Crippen LogP contribution in [-0.2, 0) is 17.6 Å². The summed E-state index contributed by atoms with van der Waals surface area (Å²) in [6.07, 6.45) is 3.71. The molecule has 0 heterocycles. The molecular weight excluding hydrogens is 220 g/mol. The van der Waals surface area contributed by atoms with Gasteiger partial charge in [-0.25, -0.2) is 0 Å². The third-order valence-electron chi connectivity index (χ3n) is 4.10. The molecule has 2 unspecified atom stereocenters. The highest BCUT2D eigenvalue weighted by atomic mass is 16.1. The Hall–Kier alpha value is -1.11. The van der Waals surface area contributed by atoms with Crippen molar-refractivity contribution >= 4 is 5.78 Å². The summed E-state index contributed by atoms with van der Waals surface area (Å²) in [5, 5.41) is 0. The second-order valence-electron chi connectivity index (χ2n) is 5.31. The molecule has 0 saturated carbocycles. The number of rotatable bonds is 7. The molecule has 0 saturated heterocycles. The highest BCUT2D eigenvalue weighted by molar-refractivity contribution is 5.81. The number of carbonyl (C=O) groups excluding carboxylic acids is 1. The van der Waals surface area contributed by atoms with Crippen LogP contribution in [0.15, 0.2) is 24.3 Å². The summed E-state index contributed by atoms with van der Waals surface area (Å²) < 4.78 is 0. The Morgan fingerprint density at radius 3 is 2.11 bits per heavy atom. The lowest BCUT2D eigenvalue weighted by molar-refractivity contribution is -0.123. The van der Waals surface area contributed by atoms with Crippen LogP contribution in [0.4, 0.5) is 0 Å². The van der Waals surface area contributed by atoms with Crippen LogP contribution in [0.25, 0.3) is 0 Å². The molecule has 0 aliphatic rings. The standard InChI is InChI=1S/C17H26O/c1-5-13(3)14(4)17(18)12-11-16-9-7-15(6-2)8-10-16/h7-10,13-14H,5-6,11-12H2,1-4H3. The van der Waals surface area contributed by atoms with Crippen LogP contribution in [0.1, 0.15) is 51.7 Å². The quantitative estimate of drug-likeness (QED) is 0.695. The van der Waals surface area contributed by atoms with Crippen LogP contribution in [0, 0.1) is 11.8 Å². The molecular formula is C17H26O. The number of carbonyl (C=O) groups is 1. The van der Waals surface area contributed by atoms with E-state index in [9.17, 15) is 4.79 Å². The maximum absolute atomic E-state index is 12.0. The predicted octanol–water partition coefficient (Wildman–Crippen LogP) is 4.43. The monoisotopic (exact) mass is 246 g/mol. The van der Waals surface area contributed by atoms with Gasteiger partial charge in [-0.3, -0.25) is 4.79 Å². The molecule has 0 N–H and O–H groups in total. The van der Waals surface area contributed by atoms with Gasteiger partial charge in [-0.15, -0.1) is 0 Å². The van der Waals surface area contributed by atoms with Gasteiger partial charge in [-0.1, -0.05) is 58.4 Å². The molecule has 0 radical (unpaired) electrons. The lowest BCUT2D eigenvalue weighted by Crippen LogP contribution is -2.18. The Balaban J connectivity index is 2.46. The third-order valence-corrected chi connectivity index (χ3v) is 4.10. The van der Waals surface area contributed by atoms with Crippen molar-refractivity contribution in [3.05, 3.63) is 35.4 Å². The first-order chi connectivity index (χ1) is 8.58. The molecule has 18 heavy (non-hydrogen) atoms. The molecule has 1 rings (SSSR count). The van der Waals surface area contributed by atoms with Gasteiger partial charge in [0.2, 0.25) is 0 Å². The minimum absolute atomic E-state index is 0.199. The first-order valence-corrected chi connectivity index (χ1v) is 7.19. The topological polar surface area (TPSA) is 17.1 Å². The van der Waals surface area contributed by atoms with E-state index in [4.69, 9.17) is 0 Å². The fourth-order valence-electron chi connectivity index (χ4n) is 2.11. The van der Waals surface area contributed by atoms with Gasteiger partial charge in [0.25, 0.3) is 0 Å². The summed E-state index contributed by atoms with van der Waals surface area (Å²) in [5.41, 5.74) is 2.63. The molecule has 100 valence electrons. The van der Waals surface area contributed by atoms with Crippen molar-refractivity contribution in [2.45, 2.75) is 53.4 Å². The van der Waals surface area contributed by atoms with Crippen molar-refractivity contribution in [3.63, 3.8) is 0 Å².